The van der Waals surface area contributed by atoms with Gasteiger partial charge in [-0.1, -0.05) is 12.1 Å². The Morgan fingerprint density at radius 3 is 2.27 bits per heavy atom. The van der Waals surface area contributed by atoms with Gasteiger partial charge in [-0.3, -0.25) is 9.69 Å². The Morgan fingerprint density at radius 2 is 1.63 bits per heavy atom. The minimum Gasteiger partial charge on any atom is -0.467 e. The summed E-state index contributed by atoms with van der Waals surface area (Å²) in [6.07, 6.45) is 9.50. The van der Waals surface area contributed by atoms with Gasteiger partial charge in [-0.05, 0) is 92.5 Å². The highest BCUT2D eigenvalue weighted by atomic mass is 19.1. The van der Waals surface area contributed by atoms with Crippen molar-refractivity contribution in [1.29, 1.82) is 0 Å². The van der Waals surface area contributed by atoms with Crippen LogP contribution in [0.2, 0.25) is 0 Å². The molecule has 4 saturated carbocycles. The first-order valence-corrected chi connectivity index (χ1v) is 15.3. The van der Waals surface area contributed by atoms with Crippen LogP contribution in [0.25, 0.3) is 0 Å². The number of rotatable bonds is 11. The molecular weight excluding hydrogens is 523 g/mol. The summed E-state index contributed by atoms with van der Waals surface area (Å²) in [7, 11) is 0. The Labute approximate surface area is 242 Å². The molecule has 1 aromatic carbocycles. The average molecular weight is 567 g/mol. The number of furan rings is 1. The number of morpholine rings is 1. The third-order valence-corrected chi connectivity index (χ3v) is 9.60. The van der Waals surface area contributed by atoms with Crippen molar-refractivity contribution >= 4 is 11.9 Å². The molecule has 9 heteroatoms. The zero-order valence-electron chi connectivity index (χ0n) is 23.9. The molecule has 0 spiro atoms. The van der Waals surface area contributed by atoms with Crippen LogP contribution in [0.5, 0.6) is 0 Å². The Morgan fingerprint density at radius 1 is 0.951 bits per heavy atom. The van der Waals surface area contributed by atoms with Crippen molar-refractivity contribution in [2.45, 2.75) is 63.6 Å². The Bertz CT molecular complexity index is 1130. The minimum atomic E-state index is -0.314. The van der Waals surface area contributed by atoms with Gasteiger partial charge in [0.25, 0.3) is 0 Å². The summed E-state index contributed by atoms with van der Waals surface area (Å²) in [4.78, 5) is 33.6. The minimum absolute atomic E-state index is 0.0107. The number of benzene rings is 1. The molecule has 0 atom stereocenters. The van der Waals surface area contributed by atoms with Crippen LogP contribution in [-0.2, 0) is 22.6 Å². The van der Waals surface area contributed by atoms with Crippen LogP contribution >= 0.6 is 0 Å². The van der Waals surface area contributed by atoms with Crippen molar-refractivity contribution in [3.8, 4) is 0 Å². The summed E-state index contributed by atoms with van der Waals surface area (Å²) in [6, 6.07) is 9.71. The molecule has 2 heterocycles. The van der Waals surface area contributed by atoms with Crippen LogP contribution < -0.4 is 5.32 Å². The number of hydrogen-bond acceptors (Lipinski definition) is 5. The molecule has 4 bridgehead atoms. The molecule has 4 aliphatic carbocycles. The monoisotopic (exact) mass is 566 g/mol. The van der Waals surface area contributed by atoms with Crippen molar-refractivity contribution in [2.24, 2.45) is 17.8 Å². The van der Waals surface area contributed by atoms with Crippen LogP contribution in [0.1, 0.15) is 56.3 Å². The number of urea groups is 1. The molecule has 5 aliphatic rings. The molecule has 1 N–H and O–H groups in total. The SMILES string of the molecule is O=C(CN(CCCN1CCOCC1)C(=O)NC12CC3CC(CC(C3)C1)C2)N(Cc1ccc(F)cc1)Cc1ccco1. The second kappa shape index (κ2) is 12.5. The van der Waals surface area contributed by atoms with E-state index in [1.54, 1.807) is 34.3 Å². The van der Waals surface area contributed by atoms with Crippen molar-refractivity contribution in [3.63, 3.8) is 0 Å². The summed E-state index contributed by atoms with van der Waals surface area (Å²) in [5, 5.41) is 3.48. The second-order valence-electron chi connectivity index (χ2n) is 12.8. The van der Waals surface area contributed by atoms with Gasteiger partial charge < -0.3 is 24.3 Å². The fraction of sp³-hybridized carbons (Fsp3) is 0.625. The maximum absolute atomic E-state index is 13.9. The van der Waals surface area contributed by atoms with Gasteiger partial charge in [0.2, 0.25) is 5.91 Å². The number of nitrogens with zero attached hydrogens (tertiary/aromatic N) is 3. The van der Waals surface area contributed by atoms with E-state index in [2.05, 4.69) is 10.2 Å². The van der Waals surface area contributed by atoms with E-state index < -0.39 is 0 Å². The standard InChI is InChI=1S/C32H43FN4O4/c33-28-6-4-24(5-7-28)21-37(22-29-3-1-12-41-29)30(38)23-36(9-2-8-35-10-13-40-14-11-35)31(39)34-32-18-25-15-26(19-32)17-27(16-25)20-32/h1,3-7,12,25-27H,2,8-11,13-23H2,(H,34,39). The third kappa shape index (κ3) is 7.12. The normalized spacial score (nSPS) is 27.1. The van der Waals surface area contributed by atoms with Gasteiger partial charge in [-0.2, -0.15) is 0 Å². The Kier molecular flexibility index (Phi) is 8.63. The number of halogens is 1. The van der Waals surface area contributed by atoms with E-state index in [0.717, 1.165) is 81.8 Å². The van der Waals surface area contributed by atoms with E-state index in [4.69, 9.17) is 9.15 Å². The first-order valence-electron chi connectivity index (χ1n) is 15.3. The van der Waals surface area contributed by atoms with E-state index in [1.165, 1.54) is 31.4 Å². The van der Waals surface area contributed by atoms with Crippen LogP contribution in [0.4, 0.5) is 9.18 Å². The lowest BCUT2D eigenvalue weighted by Crippen LogP contribution is -2.62. The molecule has 0 radical (unpaired) electrons. The quantitative estimate of drug-likeness (QED) is 0.429. The van der Waals surface area contributed by atoms with Crippen LogP contribution in [0.3, 0.4) is 0 Å². The molecule has 2 aromatic rings. The lowest BCUT2D eigenvalue weighted by atomic mass is 9.53. The predicted molar refractivity (Wildman–Crippen MR) is 152 cm³/mol. The van der Waals surface area contributed by atoms with E-state index in [-0.39, 0.29) is 36.4 Å². The van der Waals surface area contributed by atoms with E-state index in [1.807, 2.05) is 6.07 Å². The van der Waals surface area contributed by atoms with Crippen LogP contribution in [0.15, 0.2) is 47.1 Å². The molecule has 3 amide bonds. The Hall–Kier alpha value is -2.91. The number of amides is 3. The van der Waals surface area contributed by atoms with Crippen molar-refractivity contribution in [2.75, 3.05) is 45.9 Å². The largest absolute Gasteiger partial charge is 0.467 e. The Balaban J connectivity index is 1.15. The van der Waals surface area contributed by atoms with Gasteiger partial charge in [-0.25, -0.2) is 9.18 Å². The summed E-state index contributed by atoms with van der Waals surface area (Å²) < 4.78 is 24.6. The topological polar surface area (TPSA) is 78.3 Å². The molecule has 7 rings (SSSR count). The highest BCUT2D eigenvalue weighted by Crippen LogP contribution is 2.55. The molecule has 1 aromatic heterocycles. The van der Waals surface area contributed by atoms with Crippen LogP contribution in [0, 0.1) is 23.6 Å². The molecular formula is C32H43FN4O4. The lowest BCUT2D eigenvalue weighted by molar-refractivity contribution is -0.133. The average Bonchev–Trinajstić information content (AvgIpc) is 3.46. The number of nitrogens with one attached hydrogen (secondary N) is 1. The summed E-state index contributed by atoms with van der Waals surface area (Å²) in [5.41, 5.74) is 0.697. The second-order valence-corrected chi connectivity index (χ2v) is 12.8. The zero-order valence-corrected chi connectivity index (χ0v) is 23.9. The van der Waals surface area contributed by atoms with E-state index in [9.17, 15) is 14.0 Å². The first-order chi connectivity index (χ1) is 19.9. The number of ether oxygens (including phenoxy) is 1. The smallest absolute Gasteiger partial charge is 0.318 e. The molecule has 1 aliphatic heterocycles. The fourth-order valence-electron chi connectivity index (χ4n) is 8.03. The zero-order chi connectivity index (χ0) is 28.2. The molecule has 5 fully saturated rings. The number of carbonyl (C=O) groups is 2. The van der Waals surface area contributed by atoms with Gasteiger partial charge in [0.15, 0.2) is 0 Å². The third-order valence-electron chi connectivity index (χ3n) is 9.60. The van der Waals surface area contributed by atoms with Gasteiger partial charge in [0.1, 0.15) is 18.1 Å². The van der Waals surface area contributed by atoms with Crippen molar-refractivity contribution in [3.05, 3.63) is 59.8 Å². The maximum Gasteiger partial charge on any atom is 0.318 e. The highest BCUT2D eigenvalue weighted by molar-refractivity contribution is 5.84. The summed E-state index contributed by atoms with van der Waals surface area (Å²) >= 11 is 0. The number of carbonyl (C=O) groups excluding carboxylic acids is 2. The maximum atomic E-state index is 13.9. The molecule has 0 unspecified atom stereocenters. The van der Waals surface area contributed by atoms with Gasteiger partial charge in [0.05, 0.1) is 26.0 Å². The van der Waals surface area contributed by atoms with Gasteiger partial charge in [0, 0.05) is 38.3 Å². The van der Waals surface area contributed by atoms with Gasteiger partial charge in [-0.15, -0.1) is 0 Å². The highest BCUT2D eigenvalue weighted by Gasteiger charge is 2.51. The summed E-state index contributed by atoms with van der Waals surface area (Å²) in [6.45, 7) is 5.21. The molecule has 222 valence electrons. The molecule has 1 saturated heterocycles. The van der Waals surface area contributed by atoms with E-state index >= 15 is 0 Å². The lowest BCUT2D eigenvalue weighted by Gasteiger charge is -2.57. The van der Waals surface area contributed by atoms with Crippen LogP contribution in [-0.4, -0.2) is 78.1 Å². The first kappa shape index (κ1) is 28.2. The molecule has 8 nitrogen and oxygen atoms in total. The number of hydrogen-bond donors (Lipinski definition) is 1. The predicted octanol–water partition coefficient (Wildman–Crippen LogP) is 4.65. The van der Waals surface area contributed by atoms with E-state index in [0.29, 0.717) is 18.8 Å². The van der Waals surface area contributed by atoms with Crippen molar-refractivity contribution in [1.82, 2.24) is 20.0 Å². The van der Waals surface area contributed by atoms with Gasteiger partial charge >= 0.3 is 6.03 Å². The fourth-order valence-corrected chi connectivity index (χ4v) is 8.03. The molecule has 41 heavy (non-hydrogen) atoms. The van der Waals surface area contributed by atoms with Crippen molar-refractivity contribution < 1.29 is 23.1 Å². The summed E-state index contributed by atoms with van der Waals surface area (Å²) in [5.74, 6) is 2.35.